The highest BCUT2D eigenvalue weighted by molar-refractivity contribution is 5.89. The maximum Gasteiger partial charge on any atom is 0.321 e. The number of urea groups is 1. The van der Waals surface area contributed by atoms with Gasteiger partial charge in [-0.05, 0) is 43.2 Å². The second kappa shape index (κ2) is 7.16. The summed E-state index contributed by atoms with van der Waals surface area (Å²) >= 11 is 0. The molecule has 0 atom stereocenters. The first-order chi connectivity index (χ1) is 10.8. The normalized spacial score (nSPS) is 15.9. The Morgan fingerprint density at radius 3 is 2.32 bits per heavy atom. The van der Waals surface area contributed by atoms with Gasteiger partial charge in [-0.25, -0.2) is 4.79 Å². The molecule has 2 amide bonds. The summed E-state index contributed by atoms with van der Waals surface area (Å²) in [5.41, 5.74) is 1.90. The van der Waals surface area contributed by atoms with Gasteiger partial charge in [0.05, 0.1) is 0 Å². The van der Waals surface area contributed by atoms with Crippen LogP contribution in [-0.4, -0.2) is 28.6 Å². The zero-order valence-corrected chi connectivity index (χ0v) is 12.9. The van der Waals surface area contributed by atoms with E-state index < -0.39 is 0 Å². The van der Waals surface area contributed by atoms with Crippen molar-refractivity contribution in [1.29, 1.82) is 0 Å². The van der Waals surface area contributed by atoms with Crippen molar-refractivity contribution in [3.8, 4) is 5.69 Å². The molecule has 1 N–H and O–H groups in total. The van der Waals surface area contributed by atoms with Crippen molar-refractivity contribution >= 4 is 11.7 Å². The molecular formula is C18H23N3O. The quantitative estimate of drug-likeness (QED) is 0.883. The van der Waals surface area contributed by atoms with Crippen molar-refractivity contribution in [2.75, 3.05) is 18.4 Å². The molecule has 2 aromatic rings. The highest BCUT2D eigenvalue weighted by Crippen LogP contribution is 2.16. The minimum Gasteiger partial charge on any atom is -0.325 e. The van der Waals surface area contributed by atoms with Gasteiger partial charge in [-0.1, -0.05) is 25.3 Å². The van der Waals surface area contributed by atoms with Crippen molar-refractivity contribution in [3.05, 3.63) is 48.8 Å². The Morgan fingerprint density at radius 2 is 1.59 bits per heavy atom. The SMILES string of the molecule is O=C(Nc1cccc(-n2cccc2)c1)N1CCCCCCC1. The molecule has 1 saturated heterocycles. The Morgan fingerprint density at radius 1 is 0.909 bits per heavy atom. The fraction of sp³-hybridized carbons (Fsp3) is 0.389. The van der Waals surface area contributed by atoms with Crippen LogP contribution in [0.2, 0.25) is 0 Å². The molecule has 2 heterocycles. The molecule has 0 aliphatic carbocycles. The lowest BCUT2D eigenvalue weighted by Crippen LogP contribution is -2.37. The smallest absolute Gasteiger partial charge is 0.321 e. The van der Waals surface area contributed by atoms with E-state index in [-0.39, 0.29) is 6.03 Å². The summed E-state index contributed by atoms with van der Waals surface area (Å²) < 4.78 is 2.03. The molecule has 4 heteroatoms. The van der Waals surface area contributed by atoms with E-state index in [0.717, 1.165) is 37.3 Å². The number of aromatic nitrogens is 1. The van der Waals surface area contributed by atoms with Crippen molar-refractivity contribution in [3.63, 3.8) is 0 Å². The van der Waals surface area contributed by atoms with Crippen LogP contribution in [0, 0.1) is 0 Å². The first-order valence-electron chi connectivity index (χ1n) is 8.12. The van der Waals surface area contributed by atoms with Crippen molar-refractivity contribution < 1.29 is 4.79 Å². The average molecular weight is 297 g/mol. The monoisotopic (exact) mass is 297 g/mol. The molecule has 4 nitrogen and oxygen atoms in total. The molecular weight excluding hydrogens is 274 g/mol. The van der Waals surface area contributed by atoms with Crippen LogP contribution < -0.4 is 5.32 Å². The number of nitrogens with zero attached hydrogens (tertiary/aromatic N) is 2. The number of hydrogen-bond acceptors (Lipinski definition) is 1. The predicted octanol–water partition coefficient (Wildman–Crippen LogP) is 4.28. The van der Waals surface area contributed by atoms with Crippen molar-refractivity contribution in [2.45, 2.75) is 32.1 Å². The van der Waals surface area contributed by atoms with E-state index in [1.165, 1.54) is 19.3 Å². The minimum absolute atomic E-state index is 0.0200. The van der Waals surface area contributed by atoms with Gasteiger partial charge in [-0.15, -0.1) is 0 Å². The van der Waals surface area contributed by atoms with Crippen LogP contribution in [0.25, 0.3) is 5.69 Å². The number of hydrogen-bond donors (Lipinski definition) is 1. The number of benzene rings is 1. The van der Waals surface area contributed by atoms with Crippen LogP contribution >= 0.6 is 0 Å². The summed E-state index contributed by atoms with van der Waals surface area (Å²) in [5.74, 6) is 0. The number of likely N-dealkylation sites (tertiary alicyclic amines) is 1. The Bertz CT molecular complexity index is 599. The van der Waals surface area contributed by atoms with Gasteiger partial charge in [0, 0.05) is 36.9 Å². The van der Waals surface area contributed by atoms with E-state index in [2.05, 4.69) is 5.32 Å². The largest absolute Gasteiger partial charge is 0.325 e. The first kappa shape index (κ1) is 14.7. The van der Waals surface area contributed by atoms with E-state index in [9.17, 15) is 4.79 Å². The molecule has 0 spiro atoms. The molecule has 116 valence electrons. The Hall–Kier alpha value is -2.23. The van der Waals surface area contributed by atoms with E-state index in [4.69, 9.17) is 0 Å². The van der Waals surface area contributed by atoms with Gasteiger partial charge < -0.3 is 14.8 Å². The summed E-state index contributed by atoms with van der Waals surface area (Å²) in [4.78, 5) is 14.4. The highest BCUT2D eigenvalue weighted by Gasteiger charge is 2.14. The van der Waals surface area contributed by atoms with E-state index >= 15 is 0 Å². The Labute approximate surface area is 131 Å². The van der Waals surface area contributed by atoms with E-state index in [0.29, 0.717) is 0 Å². The number of amides is 2. The summed E-state index contributed by atoms with van der Waals surface area (Å²) in [6.45, 7) is 1.73. The molecule has 1 aliphatic rings. The standard InChI is InChI=1S/C18H23N3O/c22-18(21-13-4-2-1-3-5-14-21)19-16-9-8-10-17(15-16)20-11-6-7-12-20/h6-12,15H,1-5,13-14H2,(H,19,22). The van der Waals surface area contributed by atoms with Crippen molar-refractivity contribution in [1.82, 2.24) is 9.47 Å². The third-order valence-electron chi connectivity index (χ3n) is 4.14. The van der Waals surface area contributed by atoms with Crippen molar-refractivity contribution in [2.24, 2.45) is 0 Å². The fourth-order valence-corrected chi connectivity index (χ4v) is 2.90. The maximum atomic E-state index is 12.4. The topological polar surface area (TPSA) is 37.3 Å². The number of nitrogens with one attached hydrogen (secondary N) is 1. The zero-order valence-electron chi connectivity index (χ0n) is 12.9. The number of carbonyl (C=O) groups excluding carboxylic acids is 1. The first-order valence-corrected chi connectivity index (χ1v) is 8.12. The van der Waals surface area contributed by atoms with E-state index in [1.54, 1.807) is 0 Å². The number of anilines is 1. The molecule has 0 saturated carbocycles. The van der Waals surface area contributed by atoms with Crippen LogP contribution in [-0.2, 0) is 0 Å². The summed E-state index contributed by atoms with van der Waals surface area (Å²) in [7, 11) is 0. The van der Waals surface area contributed by atoms with Gasteiger partial charge >= 0.3 is 6.03 Å². The Kier molecular flexibility index (Phi) is 4.78. The van der Waals surface area contributed by atoms with Crippen LogP contribution in [0.5, 0.6) is 0 Å². The lowest BCUT2D eigenvalue weighted by molar-refractivity contribution is 0.206. The molecule has 0 bridgehead atoms. The lowest BCUT2D eigenvalue weighted by atomic mass is 10.1. The molecule has 22 heavy (non-hydrogen) atoms. The second-order valence-corrected chi connectivity index (χ2v) is 5.83. The molecule has 0 radical (unpaired) electrons. The summed E-state index contributed by atoms with van der Waals surface area (Å²) in [6.07, 6.45) is 9.97. The maximum absolute atomic E-state index is 12.4. The minimum atomic E-state index is 0.0200. The molecule has 1 aliphatic heterocycles. The summed E-state index contributed by atoms with van der Waals surface area (Å²) in [6, 6.07) is 11.9. The molecule has 1 fully saturated rings. The third kappa shape index (κ3) is 3.70. The molecule has 1 aromatic heterocycles. The third-order valence-corrected chi connectivity index (χ3v) is 4.14. The predicted molar refractivity (Wildman–Crippen MR) is 89.4 cm³/mol. The average Bonchev–Trinajstić information content (AvgIpc) is 3.01. The molecule has 3 rings (SSSR count). The summed E-state index contributed by atoms with van der Waals surface area (Å²) in [5, 5.41) is 3.04. The van der Waals surface area contributed by atoms with Gasteiger partial charge in [0.15, 0.2) is 0 Å². The molecule has 0 unspecified atom stereocenters. The second-order valence-electron chi connectivity index (χ2n) is 5.83. The van der Waals surface area contributed by atoms with Gasteiger partial charge in [0.1, 0.15) is 0 Å². The van der Waals surface area contributed by atoms with Gasteiger partial charge in [-0.2, -0.15) is 0 Å². The fourth-order valence-electron chi connectivity index (χ4n) is 2.90. The molecule has 1 aromatic carbocycles. The van der Waals surface area contributed by atoms with Gasteiger partial charge in [0.25, 0.3) is 0 Å². The van der Waals surface area contributed by atoms with E-state index in [1.807, 2.05) is 58.3 Å². The Balaban J connectivity index is 1.67. The zero-order chi connectivity index (χ0) is 15.2. The van der Waals surface area contributed by atoms with Crippen LogP contribution in [0.4, 0.5) is 10.5 Å². The van der Waals surface area contributed by atoms with Crippen LogP contribution in [0.15, 0.2) is 48.8 Å². The van der Waals surface area contributed by atoms with Gasteiger partial charge in [0.2, 0.25) is 0 Å². The van der Waals surface area contributed by atoms with Gasteiger partial charge in [-0.3, -0.25) is 0 Å². The van der Waals surface area contributed by atoms with Crippen LogP contribution in [0.1, 0.15) is 32.1 Å². The number of carbonyl (C=O) groups is 1. The van der Waals surface area contributed by atoms with Crippen LogP contribution in [0.3, 0.4) is 0 Å². The highest BCUT2D eigenvalue weighted by atomic mass is 16.2. The number of rotatable bonds is 2. The lowest BCUT2D eigenvalue weighted by Gasteiger charge is -2.25.